The van der Waals surface area contributed by atoms with Crippen LogP contribution in [0.4, 0.5) is 5.69 Å². The molecule has 0 fully saturated rings. The number of guanidine groups is 1. The zero-order valence-corrected chi connectivity index (χ0v) is 17.6. The van der Waals surface area contributed by atoms with Crippen molar-refractivity contribution in [3.8, 4) is 11.5 Å². The third-order valence-corrected chi connectivity index (χ3v) is 4.40. The first-order valence-corrected chi connectivity index (χ1v) is 10.2. The highest BCUT2D eigenvalue weighted by Crippen LogP contribution is 2.27. The summed E-state index contributed by atoms with van der Waals surface area (Å²) in [6.45, 7) is 2.52. The number of ether oxygens (including phenoxy) is 1. The lowest BCUT2D eigenvalue weighted by Crippen LogP contribution is -2.20. The summed E-state index contributed by atoms with van der Waals surface area (Å²) in [4.78, 5) is 21.2. The Morgan fingerprint density at radius 2 is 1.70 bits per heavy atom. The van der Waals surface area contributed by atoms with Crippen LogP contribution in [0.2, 0.25) is 5.02 Å². The van der Waals surface area contributed by atoms with Gasteiger partial charge in [0.15, 0.2) is 5.96 Å². The molecule has 0 bridgehead atoms. The van der Waals surface area contributed by atoms with Gasteiger partial charge in [-0.1, -0.05) is 11.6 Å². The van der Waals surface area contributed by atoms with Gasteiger partial charge >= 0.3 is 16.1 Å². The van der Waals surface area contributed by atoms with Gasteiger partial charge in [-0.3, -0.25) is 10.2 Å². The second-order valence-electron chi connectivity index (χ2n) is 5.58. The number of hydrogen-bond acceptors (Lipinski definition) is 7. The summed E-state index contributed by atoms with van der Waals surface area (Å²) in [6, 6.07) is 9.98. The number of nitrogens with two attached hydrogens (primary N) is 1. The van der Waals surface area contributed by atoms with Crippen LogP contribution in [0.1, 0.15) is 24.2 Å². The topological polar surface area (TPSA) is 169 Å². The van der Waals surface area contributed by atoms with Crippen molar-refractivity contribution in [2.24, 2.45) is 5.73 Å². The van der Waals surface area contributed by atoms with Gasteiger partial charge in [-0.25, -0.2) is 4.79 Å². The van der Waals surface area contributed by atoms with E-state index < -0.39 is 22.1 Å². The van der Waals surface area contributed by atoms with E-state index in [2.05, 4.69) is 5.32 Å². The Bertz CT molecular complexity index is 1020. The number of halogens is 1. The largest absolute Gasteiger partial charge is 0.481 e. The molecule has 0 aliphatic rings. The molecule has 0 aliphatic heterocycles. The number of benzene rings is 2. The third kappa shape index (κ3) is 9.26. The van der Waals surface area contributed by atoms with Gasteiger partial charge in [0.1, 0.15) is 11.5 Å². The summed E-state index contributed by atoms with van der Waals surface area (Å²) in [6.07, 6.45) is 0. The van der Waals surface area contributed by atoms with Crippen LogP contribution in [0, 0.1) is 5.41 Å². The number of esters is 1. The highest BCUT2D eigenvalue weighted by molar-refractivity contribution is 7.87. The summed E-state index contributed by atoms with van der Waals surface area (Å²) in [5.74, 6) is -1.97. The molecular weight excluding hydrogens is 438 g/mol. The minimum atomic E-state index is -3.74. The zero-order valence-electron chi connectivity index (χ0n) is 16.0. The van der Waals surface area contributed by atoms with Gasteiger partial charge in [0.25, 0.3) is 5.97 Å². The molecule has 10 nitrogen and oxygen atoms in total. The van der Waals surface area contributed by atoms with E-state index in [0.717, 1.165) is 6.92 Å². The van der Waals surface area contributed by atoms with Crippen LogP contribution in [0.5, 0.6) is 11.5 Å². The van der Waals surface area contributed by atoms with Gasteiger partial charge < -0.3 is 25.1 Å². The minimum Gasteiger partial charge on any atom is -0.481 e. The van der Waals surface area contributed by atoms with Gasteiger partial charge in [0.05, 0.1) is 11.3 Å². The third-order valence-electron chi connectivity index (χ3n) is 3.03. The second kappa shape index (κ2) is 11.0. The lowest BCUT2D eigenvalue weighted by Gasteiger charge is -2.09. The molecule has 0 unspecified atom stereocenters. The number of nitrogens with one attached hydrogen (secondary N) is 2. The van der Waals surface area contributed by atoms with E-state index in [0.29, 0.717) is 5.69 Å². The first-order chi connectivity index (χ1) is 13.9. The molecule has 162 valence electrons. The van der Waals surface area contributed by atoms with Crippen molar-refractivity contribution in [2.45, 2.75) is 13.8 Å². The quantitative estimate of drug-likeness (QED) is 0.167. The van der Waals surface area contributed by atoms with Crippen molar-refractivity contribution in [1.29, 1.82) is 5.41 Å². The van der Waals surface area contributed by atoms with Crippen LogP contribution >= 0.6 is 11.6 Å². The zero-order chi connectivity index (χ0) is 22.9. The molecule has 0 heterocycles. The van der Waals surface area contributed by atoms with E-state index >= 15 is 0 Å². The van der Waals surface area contributed by atoms with Crippen LogP contribution in [-0.4, -0.2) is 37.2 Å². The fourth-order valence-electron chi connectivity index (χ4n) is 1.86. The van der Waals surface area contributed by atoms with Crippen LogP contribution in [0.3, 0.4) is 0 Å². The molecule has 12 heteroatoms. The predicted octanol–water partition coefficient (Wildman–Crippen LogP) is 2.68. The second-order valence-corrected chi connectivity index (χ2v) is 7.87. The van der Waals surface area contributed by atoms with Gasteiger partial charge in [-0.2, -0.15) is 8.42 Å². The van der Waals surface area contributed by atoms with Crippen LogP contribution < -0.4 is 20.0 Å². The Hall–Kier alpha value is -3.31. The standard InChI is InChI=1S/C16H16ClN3O5S.C2H4O2/c1-2-26(22,23)25-14-8-11(17)7-13(9-14)24-15(21)10-3-5-12(6-4-10)20-16(18)19;1-2(3)4/h3-9H,2H2,1H3,(H4,18,19,20);1H3,(H,3,4). The van der Waals surface area contributed by atoms with Crippen LogP contribution in [-0.2, 0) is 14.9 Å². The minimum absolute atomic E-state index is 0.0368. The number of carboxylic acids is 1. The maximum Gasteiger partial charge on any atom is 0.343 e. The summed E-state index contributed by atoms with van der Waals surface area (Å²) in [7, 11) is -3.74. The molecule has 30 heavy (non-hydrogen) atoms. The Labute approximate surface area is 178 Å². The molecule has 0 radical (unpaired) electrons. The molecule has 2 rings (SSSR count). The van der Waals surface area contributed by atoms with E-state index in [1.807, 2.05) is 0 Å². The first kappa shape index (κ1) is 24.7. The van der Waals surface area contributed by atoms with Crippen molar-refractivity contribution < 1.29 is 32.0 Å². The molecule has 0 aromatic heterocycles. The number of anilines is 1. The maximum absolute atomic E-state index is 12.2. The van der Waals surface area contributed by atoms with E-state index in [4.69, 9.17) is 41.6 Å². The Kier molecular flexibility index (Phi) is 9.09. The lowest BCUT2D eigenvalue weighted by atomic mass is 10.2. The van der Waals surface area contributed by atoms with Crippen molar-refractivity contribution in [3.63, 3.8) is 0 Å². The number of aliphatic carboxylic acids is 1. The van der Waals surface area contributed by atoms with Gasteiger partial charge in [0.2, 0.25) is 0 Å². The molecule has 0 amide bonds. The van der Waals surface area contributed by atoms with Crippen molar-refractivity contribution in [3.05, 3.63) is 53.1 Å². The van der Waals surface area contributed by atoms with Crippen LogP contribution in [0.15, 0.2) is 42.5 Å². The average molecular weight is 458 g/mol. The molecule has 0 atom stereocenters. The number of rotatable bonds is 6. The monoisotopic (exact) mass is 457 g/mol. The molecule has 0 aliphatic carbocycles. The van der Waals surface area contributed by atoms with E-state index in [-0.39, 0.29) is 33.8 Å². The number of hydrogen-bond donors (Lipinski definition) is 4. The number of carboxylic acid groups (broad SMARTS) is 1. The molecule has 2 aromatic rings. The van der Waals surface area contributed by atoms with E-state index in [1.54, 1.807) is 12.1 Å². The molecular formula is C18H20ClN3O7S. The number of carbonyl (C=O) groups is 2. The molecule has 5 N–H and O–H groups in total. The van der Waals surface area contributed by atoms with Crippen molar-refractivity contribution in [2.75, 3.05) is 11.1 Å². The molecule has 0 saturated carbocycles. The van der Waals surface area contributed by atoms with Crippen LogP contribution in [0.25, 0.3) is 0 Å². The van der Waals surface area contributed by atoms with Gasteiger partial charge in [-0.05, 0) is 37.3 Å². The highest BCUT2D eigenvalue weighted by Gasteiger charge is 2.14. The predicted molar refractivity (Wildman–Crippen MR) is 112 cm³/mol. The Morgan fingerprint density at radius 3 is 2.20 bits per heavy atom. The fourth-order valence-corrected chi connectivity index (χ4v) is 2.58. The fraction of sp³-hybridized carbons (Fsp3) is 0.167. The molecule has 0 spiro atoms. The van der Waals surface area contributed by atoms with Gasteiger partial charge in [-0.15, -0.1) is 0 Å². The number of carbonyl (C=O) groups excluding carboxylic acids is 1. The first-order valence-electron chi connectivity index (χ1n) is 8.27. The van der Waals surface area contributed by atoms with Crippen molar-refractivity contribution in [1.82, 2.24) is 0 Å². The summed E-state index contributed by atoms with van der Waals surface area (Å²) in [5.41, 5.74) is 6.00. The smallest absolute Gasteiger partial charge is 0.343 e. The maximum atomic E-state index is 12.2. The lowest BCUT2D eigenvalue weighted by molar-refractivity contribution is -0.134. The van der Waals surface area contributed by atoms with Gasteiger partial charge in [0, 0.05) is 29.8 Å². The normalized spacial score (nSPS) is 10.2. The SMILES string of the molecule is CC(=O)O.CCS(=O)(=O)Oc1cc(Cl)cc(OC(=O)c2ccc(NC(=N)N)cc2)c1. The van der Waals surface area contributed by atoms with E-state index in [9.17, 15) is 13.2 Å². The summed E-state index contributed by atoms with van der Waals surface area (Å²) >= 11 is 5.91. The average Bonchev–Trinajstić information content (AvgIpc) is 2.60. The summed E-state index contributed by atoms with van der Waals surface area (Å²) < 4.78 is 33.2. The summed E-state index contributed by atoms with van der Waals surface area (Å²) in [5, 5.41) is 17.3. The Balaban J connectivity index is 0.00000103. The Morgan fingerprint density at radius 1 is 1.17 bits per heavy atom. The van der Waals surface area contributed by atoms with E-state index in [1.165, 1.54) is 37.3 Å². The van der Waals surface area contributed by atoms with Crippen molar-refractivity contribution >= 4 is 45.3 Å². The molecule has 2 aromatic carbocycles. The highest BCUT2D eigenvalue weighted by atomic mass is 35.5. The molecule has 0 saturated heterocycles.